The van der Waals surface area contributed by atoms with Crippen LogP contribution in [0.25, 0.3) is 22.3 Å². The van der Waals surface area contributed by atoms with Crippen LogP contribution in [0.15, 0.2) is 54.6 Å². The standard InChI is InChI=1S/C26H31N/c1-16(2)20-11-7-9-13-22(20)24-18(5)15-19(6)25(26(24)27)23-14-10-8-12-21(23)17(3)4/h7-17H,27H2,1-6H3. The highest BCUT2D eigenvalue weighted by atomic mass is 14.6. The molecule has 3 aromatic carbocycles. The Morgan fingerprint density at radius 3 is 1.37 bits per heavy atom. The largest absolute Gasteiger partial charge is 0.398 e. The van der Waals surface area contributed by atoms with E-state index < -0.39 is 0 Å². The van der Waals surface area contributed by atoms with Gasteiger partial charge in [-0.25, -0.2) is 0 Å². The molecule has 2 N–H and O–H groups in total. The first-order valence-electron chi connectivity index (χ1n) is 9.91. The summed E-state index contributed by atoms with van der Waals surface area (Å²) in [5.74, 6) is 0.903. The molecule has 1 nitrogen and oxygen atoms in total. The highest BCUT2D eigenvalue weighted by molar-refractivity contribution is 5.94. The van der Waals surface area contributed by atoms with Gasteiger partial charge in [0.1, 0.15) is 0 Å². The van der Waals surface area contributed by atoms with E-state index in [-0.39, 0.29) is 0 Å². The Hall–Kier alpha value is -2.54. The van der Waals surface area contributed by atoms with Gasteiger partial charge in [-0.2, -0.15) is 0 Å². The molecule has 0 saturated carbocycles. The molecule has 0 radical (unpaired) electrons. The highest BCUT2D eigenvalue weighted by Crippen LogP contribution is 2.43. The Morgan fingerprint density at radius 2 is 1.00 bits per heavy atom. The van der Waals surface area contributed by atoms with Crippen LogP contribution >= 0.6 is 0 Å². The first-order valence-corrected chi connectivity index (χ1v) is 9.91. The van der Waals surface area contributed by atoms with Gasteiger partial charge in [0.15, 0.2) is 0 Å². The van der Waals surface area contributed by atoms with Crippen molar-refractivity contribution >= 4 is 5.69 Å². The van der Waals surface area contributed by atoms with Crippen molar-refractivity contribution in [3.63, 3.8) is 0 Å². The van der Waals surface area contributed by atoms with Gasteiger partial charge in [0, 0.05) is 16.8 Å². The topological polar surface area (TPSA) is 26.0 Å². The summed E-state index contributed by atoms with van der Waals surface area (Å²) in [6.07, 6.45) is 0. The third kappa shape index (κ3) is 3.51. The molecular weight excluding hydrogens is 326 g/mol. The number of nitrogens with two attached hydrogens (primary N) is 1. The predicted molar refractivity (Wildman–Crippen MR) is 119 cm³/mol. The summed E-state index contributed by atoms with van der Waals surface area (Å²) in [6.45, 7) is 13.3. The molecule has 0 unspecified atom stereocenters. The quantitative estimate of drug-likeness (QED) is 0.482. The lowest BCUT2D eigenvalue weighted by atomic mass is 9.83. The van der Waals surface area contributed by atoms with Crippen molar-refractivity contribution in [2.24, 2.45) is 0 Å². The second kappa shape index (κ2) is 7.60. The molecule has 0 aliphatic rings. The minimum atomic E-state index is 0.452. The smallest absolute Gasteiger partial charge is 0.0479 e. The zero-order valence-electron chi connectivity index (χ0n) is 17.4. The lowest BCUT2D eigenvalue weighted by Crippen LogP contribution is -2.03. The maximum atomic E-state index is 6.89. The molecule has 0 aromatic heterocycles. The van der Waals surface area contributed by atoms with Gasteiger partial charge in [-0.15, -0.1) is 0 Å². The molecule has 0 amide bonds. The van der Waals surface area contributed by atoms with E-state index in [2.05, 4.69) is 96.1 Å². The summed E-state index contributed by atoms with van der Waals surface area (Å²) in [5, 5.41) is 0. The molecule has 140 valence electrons. The molecule has 1 heteroatoms. The normalized spacial score (nSPS) is 11.4. The summed E-state index contributed by atoms with van der Waals surface area (Å²) < 4.78 is 0. The molecule has 0 bridgehead atoms. The Balaban J connectivity index is 2.35. The molecule has 27 heavy (non-hydrogen) atoms. The molecular formula is C26H31N. The van der Waals surface area contributed by atoms with E-state index >= 15 is 0 Å². The second-order valence-corrected chi connectivity index (χ2v) is 8.16. The van der Waals surface area contributed by atoms with E-state index in [1.165, 1.54) is 44.5 Å². The third-order valence-electron chi connectivity index (χ3n) is 5.46. The predicted octanol–water partition coefficient (Wildman–Crippen LogP) is 7.47. The molecule has 0 atom stereocenters. The maximum absolute atomic E-state index is 6.89. The molecule has 0 aliphatic carbocycles. The van der Waals surface area contributed by atoms with Crippen molar-refractivity contribution in [1.29, 1.82) is 0 Å². The number of aryl methyl sites for hydroxylation is 2. The molecule has 0 fully saturated rings. The van der Waals surface area contributed by atoms with Crippen LogP contribution in [0.4, 0.5) is 5.69 Å². The lowest BCUT2D eigenvalue weighted by molar-refractivity contribution is 0.868. The van der Waals surface area contributed by atoms with Crippen LogP contribution in [-0.4, -0.2) is 0 Å². The third-order valence-corrected chi connectivity index (χ3v) is 5.46. The number of nitrogen functional groups attached to an aromatic ring is 1. The lowest BCUT2D eigenvalue weighted by Gasteiger charge is -2.22. The van der Waals surface area contributed by atoms with Crippen LogP contribution in [0.1, 0.15) is 61.8 Å². The van der Waals surface area contributed by atoms with Gasteiger partial charge in [0.2, 0.25) is 0 Å². The van der Waals surface area contributed by atoms with Crippen molar-refractivity contribution in [2.75, 3.05) is 5.73 Å². The van der Waals surface area contributed by atoms with Crippen molar-refractivity contribution in [2.45, 2.75) is 53.4 Å². The van der Waals surface area contributed by atoms with Crippen LogP contribution in [0, 0.1) is 13.8 Å². The maximum Gasteiger partial charge on any atom is 0.0479 e. The SMILES string of the molecule is Cc1cc(C)c(-c2ccccc2C(C)C)c(N)c1-c1ccccc1C(C)C. The molecule has 0 spiro atoms. The van der Waals surface area contributed by atoms with E-state index in [1.807, 2.05) is 0 Å². The number of benzene rings is 3. The van der Waals surface area contributed by atoms with Crippen molar-refractivity contribution < 1.29 is 0 Å². The zero-order valence-corrected chi connectivity index (χ0v) is 17.4. The van der Waals surface area contributed by atoms with Crippen molar-refractivity contribution in [1.82, 2.24) is 0 Å². The van der Waals surface area contributed by atoms with Gasteiger partial charge in [-0.3, -0.25) is 0 Å². The first kappa shape index (κ1) is 19.2. The number of hydrogen-bond acceptors (Lipinski definition) is 1. The summed E-state index contributed by atoms with van der Waals surface area (Å²) in [6, 6.07) is 19.6. The fourth-order valence-electron chi connectivity index (χ4n) is 4.19. The highest BCUT2D eigenvalue weighted by Gasteiger charge is 2.20. The van der Waals surface area contributed by atoms with Crippen LogP contribution in [0.3, 0.4) is 0 Å². The minimum Gasteiger partial charge on any atom is -0.398 e. The molecule has 3 aromatic rings. The Labute approximate surface area is 164 Å². The number of anilines is 1. The molecule has 0 saturated heterocycles. The van der Waals surface area contributed by atoms with Gasteiger partial charge >= 0.3 is 0 Å². The van der Waals surface area contributed by atoms with Gasteiger partial charge in [-0.1, -0.05) is 82.3 Å². The van der Waals surface area contributed by atoms with Gasteiger partial charge in [0.05, 0.1) is 0 Å². The van der Waals surface area contributed by atoms with Gasteiger partial charge in [0.25, 0.3) is 0 Å². The van der Waals surface area contributed by atoms with Crippen LogP contribution in [0.5, 0.6) is 0 Å². The Bertz CT molecular complexity index is 888. The van der Waals surface area contributed by atoms with Crippen LogP contribution in [-0.2, 0) is 0 Å². The molecule has 0 heterocycles. The summed E-state index contributed by atoms with van der Waals surface area (Å²) in [7, 11) is 0. The molecule has 0 aliphatic heterocycles. The van der Waals surface area contributed by atoms with E-state index in [0.29, 0.717) is 11.8 Å². The average molecular weight is 358 g/mol. The van der Waals surface area contributed by atoms with E-state index in [0.717, 1.165) is 5.69 Å². The van der Waals surface area contributed by atoms with Crippen LogP contribution < -0.4 is 5.73 Å². The number of rotatable bonds is 4. The van der Waals surface area contributed by atoms with Crippen molar-refractivity contribution in [3.8, 4) is 22.3 Å². The number of hydrogen-bond donors (Lipinski definition) is 1. The second-order valence-electron chi connectivity index (χ2n) is 8.16. The summed E-state index contributed by atoms with van der Waals surface area (Å²) in [4.78, 5) is 0. The van der Waals surface area contributed by atoms with E-state index in [9.17, 15) is 0 Å². The Kier molecular flexibility index (Phi) is 5.41. The van der Waals surface area contributed by atoms with Gasteiger partial charge in [-0.05, 0) is 59.1 Å². The first-order chi connectivity index (χ1) is 12.8. The van der Waals surface area contributed by atoms with Crippen LogP contribution in [0.2, 0.25) is 0 Å². The minimum absolute atomic E-state index is 0.452. The monoisotopic (exact) mass is 357 g/mol. The molecule has 3 rings (SSSR count). The summed E-state index contributed by atoms with van der Waals surface area (Å²) in [5.41, 5.74) is 17.8. The van der Waals surface area contributed by atoms with Crippen molar-refractivity contribution in [3.05, 3.63) is 76.9 Å². The zero-order chi connectivity index (χ0) is 19.7. The Morgan fingerprint density at radius 1 is 0.630 bits per heavy atom. The van der Waals surface area contributed by atoms with E-state index in [4.69, 9.17) is 5.73 Å². The fourth-order valence-corrected chi connectivity index (χ4v) is 4.19. The van der Waals surface area contributed by atoms with E-state index in [1.54, 1.807) is 0 Å². The fraction of sp³-hybridized carbons (Fsp3) is 0.308. The summed E-state index contributed by atoms with van der Waals surface area (Å²) >= 11 is 0. The van der Waals surface area contributed by atoms with Gasteiger partial charge < -0.3 is 5.73 Å². The average Bonchev–Trinajstić information content (AvgIpc) is 2.62.